The normalized spacial score (nSPS) is 12.1. The number of hydrogen-bond donors (Lipinski definition) is 2. The molecular weight excluding hydrogens is 383 g/mol. The highest BCUT2D eigenvalue weighted by Gasteiger charge is 2.11. The number of nitrogens with one attached hydrogen (secondary N) is 2. The SMILES string of the molecule is CNCCOc1ccc(-c2cnc3ccc(N[C@H](C)c4cccc(F)c4)nn23)cn1. The lowest BCUT2D eigenvalue weighted by atomic mass is 10.1. The average molecular weight is 406 g/mol. The quantitative estimate of drug-likeness (QED) is 0.435. The number of anilines is 1. The fraction of sp³-hybridized carbons (Fsp3) is 0.227. The Kier molecular flexibility index (Phi) is 5.85. The van der Waals surface area contributed by atoms with E-state index in [1.165, 1.54) is 12.1 Å². The second-order valence-electron chi connectivity index (χ2n) is 6.89. The molecular formula is C22H23FN6O. The summed E-state index contributed by atoms with van der Waals surface area (Å²) in [5.41, 5.74) is 3.27. The van der Waals surface area contributed by atoms with E-state index >= 15 is 0 Å². The summed E-state index contributed by atoms with van der Waals surface area (Å²) in [7, 11) is 1.87. The minimum atomic E-state index is -0.257. The first-order valence-corrected chi connectivity index (χ1v) is 9.74. The minimum Gasteiger partial charge on any atom is -0.476 e. The third-order valence-electron chi connectivity index (χ3n) is 4.71. The van der Waals surface area contributed by atoms with Crippen LogP contribution in [0, 0.1) is 5.82 Å². The number of pyridine rings is 1. The van der Waals surface area contributed by atoms with E-state index < -0.39 is 0 Å². The van der Waals surface area contributed by atoms with Gasteiger partial charge in [0.2, 0.25) is 5.88 Å². The zero-order valence-electron chi connectivity index (χ0n) is 16.8. The van der Waals surface area contributed by atoms with E-state index in [1.807, 2.05) is 44.3 Å². The highest BCUT2D eigenvalue weighted by atomic mass is 19.1. The number of fused-ring (bicyclic) bond motifs is 1. The van der Waals surface area contributed by atoms with Gasteiger partial charge < -0.3 is 15.4 Å². The molecule has 3 aromatic heterocycles. The van der Waals surface area contributed by atoms with Crippen molar-refractivity contribution in [2.24, 2.45) is 0 Å². The second kappa shape index (κ2) is 8.87. The van der Waals surface area contributed by atoms with Crippen LogP contribution in [-0.2, 0) is 0 Å². The van der Waals surface area contributed by atoms with Gasteiger partial charge in [-0.25, -0.2) is 18.9 Å². The van der Waals surface area contributed by atoms with Gasteiger partial charge in [0.25, 0.3) is 0 Å². The lowest BCUT2D eigenvalue weighted by Gasteiger charge is -2.15. The maximum atomic E-state index is 13.5. The van der Waals surface area contributed by atoms with Crippen LogP contribution >= 0.6 is 0 Å². The van der Waals surface area contributed by atoms with Crippen LogP contribution in [0.2, 0.25) is 0 Å². The predicted octanol–water partition coefficient (Wildman–Crippen LogP) is 3.70. The van der Waals surface area contributed by atoms with E-state index in [4.69, 9.17) is 4.74 Å². The number of rotatable bonds is 8. The molecule has 154 valence electrons. The molecule has 2 N–H and O–H groups in total. The van der Waals surface area contributed by atoms with Gasteiger partial charge in [-0.1, -0.05) is 12.1 Å². The molecule has 0 fully saturated rings. The number of ether oxygens (including phenoxy) is 1. The van der Waals surface area contributed by atoms with Crippen molar-refractivity contribution < 1.29 is 9.13 Å². The highest BCUT2D eigenvalue weighted by molar-refractivity contribution is 5.63. The number of aromatic nitrogens is 4. The van der Waals surface area contributed by atoms with Gasteiger partial charge >= 0.3 is 0 Å². The summed E-state index contributed by atoms with van der Waals surface area (Å²) < 4.78 is 20.8. The van der Waals surface area contributed by atoms with Gasteiger partial charge in [0.1, 0.15) is 18.2 Å². The van der Waals surface area contributed by atoms with Crippen molar-refractivity contribution in [3.63, 3.8) is 0 Å². The number of halogens is 1. The predicted molar refractivity (Wildman–Crippen MR) is 114 cm³/mol. The smallest absolute Gasteiger partial charge is 0.213 e. The zero-order valence-corrected chi connectivity index (χ0v) is 16.8. The molecule has 8 heteroatoms. The molecule has 4 aromatic rings. The average Bonchev–Trinajstić information content (AvgIpc) is 3.18. The van der Waals surface area contributed by atoms with Gasteiger partial charge in [0.15, 0.2) is 5.65 Å². The van der Waals surface area contributed by atoms with Crippen LogP contribution in [0.1, 0.15) is 18.5 Å². The first-order chi connectivity index (χ1) is 14.6. The third-order valence-corrected chi connectivity index (χ3v) is 4.71. The summed E-state index contributed by atoms with van der Waals surface area (Å²) >= 11 is 0. The van der Waals surface area contributed by atoms with Gasteiger partial charge in [0.05, 0.1) is 17.9 Å². The number of likely N-dealkylation sites (N-methyl/N-ethyl adjacent to an activating group) is 1. The van der Waals surface area contributed by atoms with Crippen molar-refractivity contribution in [1.29, 1.82) is 0 Å². The van der Waals surface area contributed by atoms with Crippen LogP contribution in [0.5, 0.6) is 5.88 Å². The van der Waals surface area contributed by atoms with E-state index in [1.54, 1.807) is 23.0 Å². The van der Waals surface area contributed by atoms with E-state index in [0.717, 1.165) is 29.0 Å². The van der Waals surface area contributed by atoms with Crippen LogP contribution in [0.25, 0.3) is 16.9 Å². The molecule has 0 aliphatic carbocycles. The molecule has 4 rings (SSSR count). The summed E-state index contributed by atoms with van der Waals surface area (Å²) in [5, 5.41) is 11.0. The fourth-order valence-electron chi connectivity index (χ4n) is 3.10. The topological polar surface area (TPSA) is 76.4 Å². The molecule has 0 radical (unpaired) electrons. The Bertz CT molecular complexity index is 1130. The van der Waals surface area contributed by atoms with Crippen LogP contribution in [-0.4, -0.2) is 39.8 Å². The molecule has 0 saturated carbocycles. The van der Waals surface area contributed by atoms with E-state index in [-0.39, 0.29) is 11.9 Å². The van der Waals surface area contributed by atoms with Crippen molar-refractivity contribution in [3.8, 4) is 17.1 Å². The summed E-state index contributed by atoms with van der Waals surface area (Å²) in [6, 6.07) is 13.9. The van der Waals surface area contributed by atoms with Crippen LogP contribution in [0.4, 0.5) is 10.2 Å². The lowest BCUT2D eigenvalue weighted by Crippen LogP contribution is -2.16. The molecule has 0 saturated heterocycles. The highest BCUT2D eigenvalue weighted by Crippen LogP contribution is 2.23. The van der Waals surface area contributed by atoms with Gasteiger partial charge in [0, 0.05) is 24.4 Å². The molecule has 30 heavy (non-hydrogen) atoms. The van der Waals surface area contributed by atoms with E-state index in [2.05, 4.69) is 25.7 Å². The third kappa shape index (κ3) is 4.38. The molecule has 1 atom stereocenters. The molecule has 0 aliphatic rings. The molecule has 0 amide bonds. The number of nitrogens with zero attached hydrogens (tertiary/aromatic N) is 4. The lowest BCUT2D eigenvalue weighted by molar-refractivity contribution is 0.306. The van der Waals surface area contributed by atoms with Crippen LogP contribution in [0.3, 0.4) is 0 Å². The Labute approximate surface area is 173 Å². The minimum absolute atomic E-state index is 0.103. The largest absolute Gasteiger partial charge is 0.476 e. The maximum absolute atomic E-state index is 13.5. The Morgan fingerprint density at radius 2 is 2.00 bits per heavy atom. The van der Waals surface area contributed by atoms with E-state index in [9.17, 15) is 4.39 Å². The summed E-state index contributed by atoms with van der Waals surface area (Å²) in [6.45, 7) is 3.27. The number of hydrogen-bond acceptors (Lipinski definition) is 6. The van der Waals surface area contributed by atoms with E-state index in [0.29, 0.717) is 18.3 Å². The second-order valence-corrected chi connectivity index (χ2v) is 6.89. The molecule has 7 nitrogen and oxygen atoms in total. The van der Waals surface area contributed by atoms with Gasteiger partial charge in [-0.3, -0.25) is 0 Å². The molecule has 0 spiro atoms. The zero-order chi connectivity index (χ0) is 20.9. The van der Waals surface area contributed by atoms with Crippen molar-refractivity contribution in [3.05, 3.63) is 72.3 Å². The van der Waals surface area contributed by atoms with Gasteiger partial charge in [-0.05, 0) is 49.9 Å². The van der Waals surface area contributed by atoms with Crippen molar-refractivity contribution in [2.45, 2.75) is 13.0 Å². The molecule has 0 bridgehead atoms. The molecule has 0 aliphatic heterocycles. The summed E-state index contributed by atoms with van der Waals surface area (Å²) in [4.78, 5) is 8.79. The monoisotopic (exact) mass is 406 g/mol. The first-order valence-electron chi connectivity index (χ1n) is 9.74. The van der Waals surface area contributed by atoms with Crippen LogP contribution < -0.4 is 15.4 Å². The Hall–Kier alpha value is -3.52. The molecule has 0 unspecified atom stereocenters. The number of imidazole rings is 1. The molecule has 3 heterocycles. The van der Waals surface area contributed by atoms with Gasteiger partial charge in [-0.2, -0.15) is 0 Å². The Morgan fingerprint density at radius 1 is 1.10 bits per heavy atom. The fourth-order valence-corrected chi connectivity index (χ4v) is 3.10. The standard InChI is InChI=1S/C22H23FN6O/c1-15(16-4-3-5-18(23)12-16)27-20-7-8-21-25-14-19(29(21)28-20)17-6-9-22(26-13-17)30-11-10-24-2/h3-9,12-15,24H,10-11H2,1-2H3,(H,27,28)/t15-/m1/s1. The Morgan fingerprint density at radius 3 is 2.77 bits per heavy atom. The maximum Gasteiger partial charge on any atom is 0.213 e. The summed E-state index contributed by atoms with van der Waals surface area (Å²) in [5.74, 6) is 0.980. The van der Waals surface area contributed by atoms with Crippen molar-refractivity contribution in [2.75, 3.05) is 25.5 Å². The number of benzene rings is 1. The van der Waals surface area contributed by atoms with Crippen molar-refractivity contribution in [1.82, 2.24) is 24.9 Å². The summed E-state index contributed by atoms with van der Waals surface area (Å²) in [6.07, 6.45) is 3.51. The van der Waals surface area contributed by atoms with Gasteiger partial charge in [-0.15, -0.1) is 5.10 Å². The van der Waals surface area contributed by atoms with Crippen molar-refractivity contribution >= 4 is 11.5 Å². The van der Waals surface area contributed by atoms with Crippen LogP contribution in [0.15, 0.2) is 60.9 Å². The molecule has 1 aromatic carbocycles. The first kappa shape index (κ1) is 19.8. The Balaban J connectivity index is 1.55.